The Bertz CT molecular complexity index is 1120. The molecule has 1 aromatic carbocycles. The predicted molar refractivity (Wildman–Crippen MR) is 139 cm³/mol. The fourth-order valence-corrected chi connectivity index (χ4v) is 3.33. The van der Waals surface area contributed by atoms with Gasteiger partial charge in [-0.1, -0.05) is 12.1 Å². The van der Waals surface area contributed by atoms with Gasteiger partial charge in [-0.05, 0) is 51.0 Å². The molecule has 1 N–H and O–H groups in total. The van der Waals surface area contributed by atoms with Crippen molar-refractivity contribution in [1.29, 1.82) is 0 Å². The molecule has 0 radical (unpaired) electrons. The smallest absolute Gasteiger partial charge is 0.410 e. The third-order valence-electron chi connectivity index (χ3n) is 4.96. The first-order chi connectivity index (χ1) is 16.6. The molecule has 0 atom stereocenters. The van der Waals surface area contributed by atoms with Crippen LogP contribution in [0.4, 0.5) is 22.4 Å². The van der Waals surface area contributed by atoms with Crippen LogP contribution in [0.2, 0.25) is 0 Å². The monoisotopic (exact) mass is 497 g/mol. The molecule has 10 heteroatoms. The summed E-state index contributed by atoms with van der Waals surface area (Å²) in [4.78, 5) is 33.5. The standard InChI is InChI=1S/C25H32ClN7O2/c1-25(2,3)35-24(34)33(5)13-7-12-32(4)23-28-16-19(17-29-23)21-10-11-27-22(31-21)30-20-9-6-8-18(14-20)15-26/h6,8-11,14,16-17H,7,12-13,15H2,1-5H3,(H,27,30,31). The highest BCUT2D eigenvalue weighted by Crippen LogP contribution is 2.20. The number of aromatic nitrogens is 4. The van der Waals surface area contributed by atoms with Crippen LogP contribution in [0.15, 0.2) is 48.9 Å². The first-order valence-corrected chi connectivity index (χ1v) is 11.9. The number of anilines is 3. The molecule has 0 saturated carbocycles. The van der Waals surface area contributed by atoms with E-state index in [1.165, 1.54) is 0 Å². The summed E-state index contributed by atoms with van der Waals surface area (Å²) in [5.74, 6) is 1.51. The summed E-state index contributed by atoms with van der Waals surface area (Å²) in [5, 5.41) is 3.20. The maximum atomic E-state index is 12.1. The summed E-state index contributed by atoms with van der Waals surface area (Å²) < 4.78 is 5.38. The average Bonchev–Trinajstić information content (AvgIpc) is 2.83. The minimum Gasteiger partial charge on any atom is -0.444 e. The van der Waals surface area contributed by atoms with Crippen LogP contribution in [0.5, 0.6) is 0 Å². The van der Waals surface area contributed by atoms with Gasteiger partial charge in [-0.15, -0.1) is 11.6 Å². The Balaban J connectivity index is 1.56. The normalized spacial score (nSPS) is 11.1. The van der Waals surface area contributed by atoms with Crippen LogP contribution in [0.25, 0.3) is 11.3 Å². The topological polar surface area (TPSA) is 96.4 Å². The van der Waals surface area contributed by atoms with Gasteiger partial charge in [0.15, 0.2) is 0 Å². The molecule has 2 heterocycles. The van der Waals surface area contributed by atoms with Gasteiger partial charge in [0.1, 0.15) is 5.60 Å². The number of nitrogens with zero attached hydrogens (tertiary/aromatic N) is 6. The largest absolute Gasteiger partial charge is 0.444 e. The zero-order chi connectivity index (χ0) is 25.4. The summed E-state index contributed by atoms with van der Waals surface area (Å²) >= 11 is 5.92. The Morgan fingerprint density at radius 2 is 1.83 bits per heavy atom. The second kappa shape index (κ2) is 11.8. The lowest BCUT2D eigenvalue weighted by molar-refractivity contribution is 0.0298. The predicted octanol–water partition coefficient (Wildman–Crippen LogP) is 5.11. The lowest BCUT2D eigenvalue weighted by Crippen LogP contribution is -2.35. The number of rotatable bonds is 9. The van der Waals surface area contributed by atoms with Crippen LogP contribution in [0.3, 0.4) is 0 Å². The van der Waals surface area contributed by atoms with E-state index in [9.17, 15) is 4.79 Å². The van der Waals surface area contributed by atoms with Gasteiger partial charge in [0.25, 0.3) is 0 Å². The van der Waals surface area contributed by atoms with Gasteiger partial charge >= 0.3 is 6.09 Å². The summed E-state index contributed by atoms with van der Waals surface area (Å²) in [6.07, 6.45) is 5.60. The van der Waals surface area contributed by atoms with Gasteiger partial charge in [-0.25, -0.2) is 24.7 Å². The summed E-state index contributed by atoms with van der Waals surface area (Å²) in [7, 11) is 3.66. The third-order valence-corrected chi connectivity index (χ3v) is 5.27. The van der Waals surface area contributed by atoms with Crippen molar-refractivity contribution in [2.45, 2.75) is 38.7 Å². The van der Waals surface area contributed by atoms with E-state index in [0.29, 0.717) is 36.6 Å². The zero-order valence-corrected chi connectivity index (χ0v) is 21.6. The van der Waals surface area contributed by atoms with Gasteiger partial charge in [-0.2, -0.15) is 0 Å². The molecule has 3 aromatic rings. The molecule has 9 nitrogen and oxygen atoms in total. The maximum Gasteiger partial charge on any atom is 0.410 e. The van der Waals surface area contributed by atoms with Crippen molar-refractivity contribution in [2.24, 2.45) is 0 Å². The van der Waals surface area contributed by atoms with Crippen LogP contribution in [0, 0.1) is 0 Å². The second-order valence-corrected chi connectivity index (χ2v) is 9.44. The summed E-state index contributed by atoms with van der Waals surface area (Å²) in [6, 6.07) is 9.61. The van der Waals surface area contributed by atoms with E-state index in [0.717, 1.165) is 23.2 Å². The quantitative estimate of drug-likeness (QED) is 0.407. The van der Waals surface area contributed by atoms with E-state index in [-0.39, 0.29) is 6.09 Å². The van der Waals surface area contributed by atoms with Crippen LogP contribution >= 0.6 is 11.6 Å². The number of amides is 1. The number of alkyl halides is 1. The van der Waals surface area contributed by atoms with E-state index in [2.05, 4.69) is 25.3 Å². The lowest BCUT2D eigenvalue weighted by Gasteiger charge is -2.25. The van der Waals surface area contributed by atoms with E-state index in [1.54, 1.807) is 30.5 Å². The molecule has 0 aliphatic carbocycles. The van der Waals surface area contributed by atoms with E-state index in [1.807, 2.05) is 63.1 Å². The summed E-state index contributed by atoms with van der Waals surface area (Å²) in [6.45, 7) is 6.82. The van der Waals surface area contributed by atoms with Crippen LogP contribution in [0.1, 0.15) is 32.8 Å². The van der Waals surface area contributed by atoms with Crippen LogP contribution in [-0.2, 0) is 10.6 Å². The molecule has 35 heavy (non-hydrogen) atoms. The lowest BCUT2D eigenvalue weighted by atomic mass is 10.2. The maximum absolute atomic E-state index is 12.1. The number of benzene rings is 1. The molecule has 0 aliphatic heterocycles. The SMILES string of the molecule is CN(CCCN(C)c1ncc(-c2ccnc(Nc3cccc(CCl)c3)n2)cn1)C(=O)OC(C)(C)C. The molecular weight excluding hydrogens is 466 g/mol. The second-order valence-electron chi connectivity index (χ2n) is 9.17. The minimum absolute atomic E-state index is 0.328. The molecule has 186 valence electrons. The summed E-state index contributed by atoms with van der Waals surface area (Å²) in [5.41, 5.74) is 2.87. The molecule has 0 saturated heterocycles. The number of hydrogen-bond acceptors (Lipinski definition) is 8. The van der Waals surface area contributed by atoms with Crippen molar-refractivity contribution in [3.63, 3.8) is 0 Å². The fraction of sp³-hybridized carbons (Fsp3) is 0.400. The molecule has 2 aromatic heterocycles. The Morgan fingerprint density at radius 1 is 1.09 bits per heavy atom. The molecule has 0 fully saturated rings. The van der Waals surface area contributed by atoms with Crippen molar-refractivity contribution in [2.75, 3.05) is 37.4 Å². The average molecular weight is 498 g/mol. The number of carbonyl (C=O) groups excluding carboxylic acids is 1. The van der Waals surface area contributed by atoms with Gasteiger partial charge < -0.3 is 19.9 Å². The first kappa shape index (κ1) is 26.2. The first-order valence-electron chi connectivity index (χ1n) is 11.4. The minimum atomic E-state index is -0.506. The number of ether oxygens (including phenoxy) is 1. The van der Waals surface area contributed by atoms with Gasteiger partial charge in [0.05, 0.1) is 5.69 Å². The van der Waals surface area contributed by atoms with Gasteiger partial charge in [-0.3, -0.25) is 0 Å². The Labute approximate surface area is 211 Å². The van der Waals surface area contributed by atoms with E-state index < -0.39 is 5.60 Å². The molecule has 0 unspecified atom stereocenters. The Hall–Kier alpha value is -3.46. The highest BCUT2D eigenvalue weighted by Gasteiger charge is 2.19. The number of carbonyl (C=O) groups is 1. The van der Waals surface area contributed by atoms with Gasteiger partial charge in [0, 0.05) is 62.9 Å². The van der Waals surface area contributed by atoms with Crippen molar-refractivity contribution in [3.05, 3.63) is 54.5 Å². The van der Waals surface area contributed by atoms with E-state index in [4.69, 9.17) is 16.3 Å². The highest BCUT2D eigenvalue weighted by atomic mass is 35.5. The number of hydrogen-bond donors (Lipinski definition) is 1. The van der Waals surface area contributed by atoms with Crippen molar-refractivity contribution < 1.29 is 9.53 Å². The molecule has 0 aliphatic rings. The molecule has 1 amide bonds. The van der Waals surface area contributed by atoms with Gasteiger partial charge in [0.2, 0.25) is 11.9 Å². The highest BCUT2D eigenvalue weighted by molar-refractivity contribution is 6.17. The zero-order valence-electron chi connectivity index (χ0n) is 20.8. The van der Waals surface area contributed by atoms with Crippen LogP contribution in [-0.4, -0.2) is 63.7 Å². The molecule has 0 bridgehead atoms. The van der Waals surface area contributed by atoms with Crippen molar-refractivity contribution in [1.82, 2.24) is 24.8 Å². The molecular formula is C25H32ClN7O2. The Kier molecular flexibility index (Phi) is 8.81. The molecule has 3 rings (SSSR count). The van der Waals surface area contributed by atoms with Crippen molar-refractivity contribution in [3.8, 4) is 11.3 Å². The van der Waals surface area contributed by atoms with E-state index >= 15 is 0 Å². The Morgan fingerprint density at radius 3 is 2.51 bits per heavy atom. The van der Waals surface area contributed by atoms with Crippen molar-refractivity contribution >= 4 is 35.3 Å². The molecule has 0 spiro atoms. The van der Waals surface area contributed by atoms with Crippen LogP contribution < -0.4 is 10.2 Å². The number of nitrogens with one attached hydrogen (secondary N) is 1. The number of halogens is 1. The third kappa shape index (κ3) is 8.06. The fourth-order valence-electron chi connectivity index (χ4n) is 3.17.